The van der Waals surface area contributed by atoms with Crippen LogP contribution in [0.1, 0.15) is 32.6 Å². The van der Waals surface area contributed by atoms with Crippen LogP contribution in [0.4, 0.5) is 10.6 Å². The molecule has 2 aromatic heterocycles. The Morgan fingerprint density at radius 3 is 2.75 bits per heavy atom. The molecule has 3 atom stereocenters. The van der Waals surface area contributed by atoms with Crippen LogP contribution in [-0.4, -0.2) is 81.8 Å². The summed E-state index contributed by atoms with van der Waals surface area (Å²) in [5, 5.41) is 0. The zero-order valence-corrected chi connectivity index (χ0v) is 18.6. The second-order valence-electron chi connectivity index (χ2n) is 9.81. The van der Waals surface area contributed by atoms with Crippen LogP contribution >= 0.6 is 0 Å². The molecular formula is C24H30N6O2. The molecule has 3 unspecified atom stereocenters. The number of hydrogen-bond acceptors (Lipinski definition) is 7. The number of hydrogen-bond donors (Lipinski definition) is 0. The van der Waals surface area contributed by atoms with Gasteiger partial charge in [0.15, 0.2) is 0 Å². The van der Waals surface area contributed by atoms with E-state index in [1.807, 2.05) is 30.3 Å². The van der Waals surface area contributed by atoms with Crippen molar-refractivity contribution in [1.82, 2.24) is 24.8 Å². The highest BCUT2D eigenvalue weighted by Gasteiger charge is 2.56. The number of carbonyl (C=O) groups excluding carboxylic acids is 1. The first-order valence-corrected chi connectivity index (χ1v) is 11.8. The van der Waals surface area contributed by atoms with Gasteiger partial charge in [-0.15, -0.1) is 0 Å². The molecule has 32 heavy (non-hydrogen) atoms. The Balaban J connectivity index is 1.11. The molecule has 2 aromatic rings. The van der Waals surface area contributed by atoms with Gasteiger partial charge in [-0.25, -0.2) is 9.78 Å². The number of rotatable bonds is 4. The molecule has 4 aliphatic heterocycles. The number of likely N-dealkylation sites (tertiary alicyclic amines) is 1. The molecular weight excluding hydrogens is 404 g/mol. The Morgan fingerprint density at radius 1 is 1.16 bits per heavy atom. The second kappa shape index (κ2) is 7.69. The van der Waals surface area contributed by atoms with Crippen LogP contribution in [0.5, 0.6) is 0 Å². The van der Waals surface area contributed by atoms with E-state index in [0.29, 0.717) is 30.1 Å². The van der Waals surface area contributed by atoms with Gasteiger partial charge >= 0.3 is 6.09 Å². The SMILES string of the molecule is CCOC(=O)N1CC2(CCC(N3C4CC3CN(c3ncccc3-c3cnccn3)C4)C2)C1. The highest BCUT2D eigenvalue weighted by atomic mass is 16.6. The molecule has 1 aliphatic carbocycles. The molecule has 1 saturated carbocycles. The van der Waals surface area contributed by atoms with E-state index in [1.165, 1.54) is 25.7 Å². The smallest absolute Gasteiger partial charge is 0.409 e. The molecule has 7 rings (SSSR count). The van der Waals surface area contributed by atoms with E-state index in [2.05, 4.69) is 25.8 Å². The Labute approximate surface area is 188 Å². The van der Waals surface area contributed by atoms with Crippen molar-refractivity contribution in [3.63, 3.8) is 0 Å². The van der Waals surface area contributed by atoms with Crippen molar-refractivity contribution in [2.24, 2.45) is 5.41 Å². The predicted octanol–water partition coefficient (Wildman–Crippen LogP) is 2.81. The van der Waals surface area contributed by atoms with E-state index in [4.69, 9.17) is 9.72 Å². The van der Waals surface area contributed by atoms with Gasteiger partial charge in [-0.05, 0) is 44.7 Å². The van der Waals surface area contributed by atoms with Gasteiger partial charge in [0.05, 0.1) is 18.5 Å². The summed E-state index contributed by atoms with van der Waals surface area (Å²) in [4.78, 5) is 32.5. The van der Waals surface area contributed by atoms with Gasteiger partial charge in [0.1, 0.15) is 5.82 Å². The molecule has 8 heteroatoms. The number of carbonyl (C=O) groups is 1. The van der Waals surface area contributed by atoms with Crippen LogP contribution in [0, 0.1) is 5.41 Å². The minimum atomic E-state index is -0.146. The zero-order chi connectivity index (χ0) is 21.7. The van der Waals surface area contributed by atoms with Gasteiger partial charge < -0.3 is 14.5 Å². The van der Waals surface area contributed by atoms with Crippen LogP contribution in [-0.2, 0) is 4.74 Å². The van der Waals surface area contributed by atoms with Crippen molar-refractivity contribution in [2.45, 2.75) is 50.7 Å². The third-order valence-electron chi connectivity index (χ3n) is 7.85. The van der Waals surface area contributed by atoms with Crippen molar-refractivity contribution >= 4 is 11.9 Å². The number of anilines is 1. The minimum Gasteiger partial charge on any atom is -0.450 e. The maximum atomic E-state index is 12.0. The summed E-state index contributed by atoms with van der Waals surface area (Å²) >= 11 is 0. The third-order valence-corrected chi connectivity index (χ3v) is 7.85. The van der Waals surface area contributed by atoms with Crippen LogP contribution < -0.4 is 4.90 Å². The zero-order valence-electron chi connectivity index (χ0n) is 18.6. The van der Waals surface area contributed by atoms with E-state index >= 15 is 0 Å². The van der Waals surface area contributed by atoms with Gasteiger partial charge in [0, 0.05) is 73.9 Å². The Morgan fingerprint density at radius 2 is 2.00 bits per heavy atom. The topological polar surface area (TPSA) is 74.7 Å². The lowest BCUT2D eigenvalue weighted by atomic mass is 9.77. The van der Waals surface area contributed by atoms with Gasteiger partial charge in [-0.3, -0.25) is 14.9 Å². The lowest BCUT2D eigenvalue weighted by Crippen LogP contribution is -2.71. The minimum absolute atomic E-state index is 0.146. The fourth-order valence-corrected chi connectivity index (χ4v) is 6.52. The number of piperidine rings is 1. The summed E-state index contributed by atoms with van der Waals surface area (Å²) in [5.41, 5.74) is 2.25. The Bertz CT molecular complexity index is 983. The summed E-state index contributed by atoms with van der Waals surface area (Å²) < 4.78 is 5.17. The normalized spacial score (nSPS) is 28.3. The van der Waals surface area contributed by atoms with Crippen molar-refractivity contribution in [2.75, 3.05) is 37.7 Å². The number of aromatic nitrogens is 3. The molecule has 1 spiro atoms. The maximum Gasteiger partial charge on any atom is 0.409 e. The van der Waals surface area contributed by atoms with Crippen LogP contribution in [0.15, 0.2) is 36.9 Å². The first-order valence-electron chi connectivity index (χ1n) is 11.8. The van der Waals surface area contributed by atoms with Crippen molar-refractivity contribution in [3.8, 4) is 11.3 Å². The summed E-state index contributed by atoms with van der Waals surface area (Å²) in [6.07, 6.45) is 12.0. The van der Waals surface area contributed by atoms with Gasteiger partial charge in [-0.1, -0.05) is 0 Å². The monoisotopic (exact) mass is 434 g/mol. The fourth-order valence-electron chi connectivity index (χ4n) is 6.52. The van der Waals surface area contributed by atoms with E-state index in [-0.39, 0.29) is 6.09 Å². The summed E-state index contributed by atoms with van der Waals surface area (Å²) in [7, 11) is 0. The first kappa shape index (κ1) is 19.9. The molecule has 1 amide bonds. The van der Waals surface area contributed by atoms with Crippen LogP contribution in [0.2, 0.25) is 0 Å². The largest absolute Gasteiger partial charge is 0.450 e. The molecule has 6 heterocycles. The van der Waals surface area contributed by atoms with E-state index in [0.717, 1.165) is 43.3 Å². The molecule has 168 valence electrons. The molecule has 5 fully saturated rings. The fraction of sp³-hybridized carbons (Fsp3) is 0.583. The van der Waals surface area contributed by atoms with Crippen LogP contribution in [0.3, 0.4) is 0 Å². The first-order chi connectivity index (χ1) is 15.7. The van der Waals surface area contributed by atoms with Crippen molar-refractivity contribution in [1.29, 1.82) is 0 Å². The molecule has 4 saturated heterocycles. The summed E-state index contributed by atoms with van der Waals surface area (Å²) in [6, 6.07) is 5.89. The highest BCUT2D eigenvalue weighted by molar-refractivity contribution is 5.73. The number of ether oxygens (including phenoxy) is 1. The molecule has 0 radical (unpaired) electrons. The molecule has 0 aromatic carbocycles. The standard InChI is InChI=1S/C24H30N6O2/c1-2-32-23(31)29-15-24(16-29)6-5-17(11-24)30-18-10-19(30)14-28(13-18)22-20(4-3-7-27-22)21-12-25-8-9-26-21/h3-4,7-9,12,17-19H,2,5-6,10-11,13-16H2,1H3. The van der Waals surface area contributed by atoms with E-state index < -0.39 is 0 Å². The Kier molecular flexibility index (Phi) is 4.78. The van der Waals surface area contributed by atoms with E-state index in [9.17, 15) is 4.79 Å². The average Bonchev–Trinajstić information content (AvgIpc) is 3.24. The van der Waals surface area contributed by atoms with E-state index in [1.54, 1.807) is 12.4 Å². The van der Waals surface area contributed by atoms with Gasteiger partial charge in [0.25, 0.3) is 0 Å². The lowest BCUT2D eigenvalue weighted by molar-refractivity contribution is -0.0509. The Hall–Kier alpha value is -2.74. The third kappa shape index (κ3) is 3.23. The molecule has 2 bridgehead atoms. The number of amides is 1. The number of fused-ring (bicyclic) bond motifs is 2. The molecule has 8 nitrogen and oxygen atoms in total. The predicted molar refractivity (Wildman–Crippen MR) is 120 cm³/mol. The molecule has 0 N–H and O–H groups in total. The summed E-state index contributed by atoms with van der Waals surface area (Å²) in [6.45, 7) is 6.08. The number of nitrogens with zero attached hydrogens (tertiary/aromatic N) is 6. The maximum absolute atomic E-state index is 12.0. The highest BCUT2D eigenvalue weighted by Crippen LogP contribution is 2.50. The number of piperazine rings is 1. The quantitative estimate of drug-likeness (QED) is 0.732. The average molecular weight is 435 g/mol. The van der Waals surface area contributed by atoms with Crippen molar-refractivity contribution < 1.29 is 9.53 Å². The number of pyridine rings is 1. The second-order valence-corrected chi connectivity index (χ2v) is 9.81. The summed E-state index contributed by atoms with van der Waals surface area (Å²) in [5.74, 6) is 1.02. The molecule has 5 aliphatic rings. The van der Waals surface area contributed by atoms with Gasteiger partial charge in [0.2, 0.25) is 0 Å². The van der Waals surface area contributed by atoms with Crippen molar-refractivity contribution in [3.05, 3.63) is 36.9 Å². The van der Waals surface area contributed by atoms with Crippen LogP contribution in [0.25, 0.3) is 11.3 Å². The van der Waals surface area contributed by atoms with Gasteiger partial charge in [-0.2, -0.15) is 0 Å². The lowest BCUT2D eigenvalue weighted by Gasteiger charge is -2.59.